The van der Waals surface area contributed by atoms with Crippen molar-refractivity contribution in [2.24, 2.45) is 0 Å². The summed E-state index contributed by atoms with van der Waals surface area (Å²) >= 11 is 3.43. The molecular formula is C21H26BrN3O. The smallest absolute Gasteiger partial charge is 0.227 e. The van der Waals surface area contributed by atoms with Gasteiger partial charge in [0.05, 0.1) is 6.42 Å². The SMILES string of the molecule is CN(C)Cc1cccc(N2CCN(C(=O)Cc3ccc(Br)cc3)CC2)c1. The van der Waals surface area contributed by atoms with Crippen molar-refractivity contribution in [2.45, 2.75) is 13.0 Å². The first-order valence-corrected chi connectivity index (χ1v) is 9.81. The van der Waals surface area contributed by atoms with Gasteiger partial charge in [0, 0.05) is 42.9 Å². The third kappa shape index (κ3) is 5.08. The zero-order valence-electron chi connectivity index (χ0n) is 15.5. The lowest BCUT2D eigenvalue weighted by Crippen LogP contribution is -2.49. The molecule has 0 saturated carbocycles. The molecule has 5 heteroatoms. The van der Waals surface area contributed by atoms with Crippen molar-refractivity contribution in [1.29, 1.82) is 0 Å². The summed E-state index contributed by atoms with van der Waals surface area (Å²) < 4.78 is 1.04. The number of anilines is 1. The molecular weight excluding hydrogens is 390 g/mol. The molecule has 26 heavy (non-hydrogen) atoms. The third-order valence-corrected chi connectivity index (χ3v) is 5.20. The summed E-state index contributed by atoms with van der Waals surface area (Å²) in [6.45, 7) is 4.29. The molecule has 1 aliphatic rings. The maximum atomic E-state index is 12.6. The Bertz CT molecular complexity index is 737. The minimum Gasteiger partial charge on any atom is -0.368 e. The van der Waals surface area contributed by atoms with E-state index >= 15 is 0 Å². The predicted octanol–water partition coefficient (Wildman–Crippen LogP) is 3.40. The molecule has 4 nitrogen and oxygen atoms in total. The van der Waals surface area contributed by atoms with Crippen LogP contribution in [0.4, 0.5) is 5.69 Å². The second kappa shape index (κ2) is 8.69. The van der Waals surface area contributed by atoms with E-state index in [1.807, 2.05) is 29.2 Å². The molecule has 138 valence electrons. The fourth-order valence-electron chi connectivity index (χ4n) is 3.32. The Morgan fingerprint density at radius 3 is 2.35 bits per heavy atom. The van der Waals surface area contributed by atoms with Crippen LogP contribution in [0.25, 0.3) is 0 Å². The van der Waals surface area contributed by atoms with Gasteiger partial charge >= 0.3 is 0 Å². The maximum absolute atomic E-state index is 12.6. The molecule has 0 radical (unpaired) electrons. The maximum Gasteiger partial charge on any atom is 0.227 e. The number of rotatable bonds is 5. The van der Waals surface area contributed by atoms with Gasteiger partial charge in [-0.3, -0.25) is 4.79 Å². The number of benzene rings is 2. The van der Waals surface area contributed by atoms with Crippen molar-refractivity contribution in [3.63, 3.8) is 0 Å². The number of carbonyl (C=O) groups is 1. The molecule has 0 aliphatic carbocycles. The summed E-state index contributed by atoms with van der Waals surface area (Å²) in [4.78, 5) is 19.1. The Morgan fingerprint density at radius 2 is 1.69 bits per heavy atom. The Balaban J connectivity index is 1.55. The Hall–Kier alpha value is -1.85. The highest BCUT2D eigenvalue weighted by Gasteiger charge is 2.21. The van der Waals surface area contributed by atoms with Crippen molar-refractivity contribution in [1.82, 2.24) is 9.80 Å². The first-order chi connectivity index (χ1) is 12.5. The highest BCUT2D eigenvalue weighted by Crippen LogP contribution is 2.19. The quantitative estimate of drug-likeness (QED) is 0.748. The summed E-state index contributed by atoms with van der Waals surface area (Å²) in [6, 6.07) is 16.7. The van der Waals surface area contributed by atoms with Crippen LogP contribution >= 0.6 is 15.9 Å². The van der Waals surface area contributed by atoms with Crippen molar-refractivity contribution in [3.8, 4) is 0 Å². The average molecular weight is 416 g/mol. The standard InChI is InChI=1S/C21H26BrN3O/c1-23(2)16-18-4-3-5-20(14-18)24-10-12-25(13-11-24)21(26)15-17-6-8-19(22)9-7-17/h3-9,14H,10-13,15-16H2,1-2H3. The second-order valence-corrected chi connectivity index (χ2v) is 7.99. The van der Waals surface area contributed by atoms with Crippen LogP contribution in [0.2, 0.25) is 0 Å². The zero-order valence-corrected chi connectivity index (χ0v) is 17.1. The van der Waals surface area contributed by atoms with E-state index in [1.54, 1.807) is 0 Å². The van der Waals surface area contributed by atoms with Gasteiger partial charge in [0.2, 0.25) is 5.91 Å². The Labute approximate surface area is 164 Å². The Morgan fingerprint density at radius 1 is 1.00 bits per heavy atom. The van der Waals surface area contributed by atoms with E-state index in [-0.39, 0.29) is 5.91 Å². The van der Waals surface area contributed by atoms with E-state index in [0.29, 0.717) is 6.42 Å². The first-order valence-electron chi connectivity index (χ1n) is 9.02. The van der Waals surface area contributed by atoms with Gasteiger partial charge in [0.1, 0.15) is 0 Å². The number of piperazine rings is 1. The Kier molecular flexibility index (Phi) is 6.33. The van der Waals surface area contributed by atoms with Gasteiger partial charge in [-0.15, -0.1) is 0 Å². The van der Waals surface area contributed by atoms with Crippen LogP contribution in [0.1, 0.15) is 11.1 Å². The van der Waals surface area contributed by atoms with Crippen LogP contribution in [-0.4, -0.2) is 56.0 Å². The lowest BCUT2D eigenvalue weighted by atomic mass is 10.1. The van der Waals surface area contributed by atoms with E-state index in [4.69, 9.17) is 0 Å². The average Bonchev–Trinajstić information content (AvgIpc) is 2.63. The largest absolute Gasteiger partial charge is 0.368 e. The van der Waals surface area contributed by atoms with Crippen molar-refractivity contribution in [3.05, 3.63) is 64.1 Å². The minimum atomic E-state index is 0.216. The summed E-state index contributed by atoms with van der Waals surface area (Å²) in [5.41, 5.74) is 3.64. The van der Waals surface area contributed by atoms with Crippen molar-refractivity contribution in [2.75, 3.05) is 45.2 Å². The molecule has 1 aliphatic heterocycles. The van der Waals surface area contributed by atoms with Gasteiger partial charge in [-0.1, -0.05) is 40.2 Å². The summed E-state index contributed by atoms with van der Waals surface area (Å²) in [5.74, 6) is 0.216. The van der Waals surface area contributed by atoms with E-state index in [0.717, 1.165) is 42.8 Å². The topological polar surface area (TPSA) is 26.8 Å². The minimum absolute atomic E-state index is 0.216. The lowest BCUT2D eigenvalue weighted by molar-refractivity contribution is -0.130. The number of hydrogen-bond acceptors (Lipinski definition) is 3. The van der Waals surface area contributed by atoms with E-state index in [9.17, 15) is 4.79 Å². The molecule has 1 amide bonds. The number of hydrogen-bond donors (Lipinski definition) is 0. The number of nitrogens with zero attached hydrogens (tertiary/aromatic N) is 3. The molecule has 1 fully saturated rings. The summed E-state index contributed by atoms with van der Waals surface area (Å²) in [7, 11) is 4.17. The lowest BCUT2D eigenvalue weighted by Gasteiger charge is -2.36. The van der Waals surface area contributed by atoms with Gasteiger partial charge in [0.15, 0.2) is 0 Å². The monoisotopic (exact) mass is 415 g/mol. The van der Waals surface area contributed by atoms with Crippen LogP contribution in [-0.2, 0) is 17.8 Å². The van der Waals surface area contributed by atoms with E-state index < -0.39 is 0 Å². The van der Waals surface area contributed by atoms with Gasteiger partial charge in [-0.25, -0.2) is 0 Å². The summed E-state index contributed by atoms with van der Waals surface area (Å²) in [6.07, 6.45) is 0.478. The number of amides is 1. The predicted molar refractivity (Wildman–Crippen MR) is 110 cm³/mol. The fraction of sp³-hybridized carbons (Fsp3) is 0.381. The van der Waals surface area contributed by atoms with Crippen molar-refractivity contribution >= 4 is 27.5 Å². The zero-order chi connectivity index (χ0) is 18.5. The molecule has 1 heterocycles. The highest BCUT2D eigenvalue weighted by molar-refractivity contribution is 9.10. The molecule has 2 aromatic carbocycles. The fourth-order valence-corrected chi connectivity index (χ4v) is 3.58. The first kappa shape index (κ1) is 18.9. The van der Waals surface area contributed by atoms with Crippen molar-refractivity contribution < 1.29 is 4.79 Å². The number of halogens is 1. The third-order valence-electron chi connectivity index (χ3n) is 4.68. The van der Waals surface area contributed by atoms with Crippen LogP contribution < -0.4 is 4.90 Å². The van der Waals surface area contributed by atoms with Crippen LogP contribution in [0, 0.1) is 0 Å². The molecule has 1 saturated heterocycles. The van der Waals surface area contributed by atoms with E-state index in [2.05, 4.69) is 64.1 Å². The van der Waals surface area contributed by atoms with Crippen LogP contribution in [0.3, 0.4) is 0 Å². The van der Waals surface area contributed by atoms with Gasteiger partial charge in [-0.05, 0) is 49.5 Å². The molecule has 2 aromatic rings. The van der Waals surface area contributed by atoms with Gasteiger partial charge in [-0.2, -0.15) is 0 Å². The molecule has 0 spiro atoms. The van der Waals surface area contributed by atoms with Crippen LogP contribution in [0.15, 0.2) is 53.0 Å². The molecule has 0 atom stereocenters. The number of carbonyl (C=O) groups excluding carboxylic acids is 1. The highest BCUT2D eigenvalue weighted by atomic mass is 79.9. The van der Waals surface area contributed by atoms with E-state index in [1.165, 1.54) is 11.3 Å². The molecule has 0 bridgehead atoms. The second-order valence-electron chi connectivity index (χ2n) is 7.08. The van der Waals surface area contributed by atoms with Gasteiger partial charge < -0.3 is 14.7 Å². The molecule has 0 unspecified atom stereocenters. The molecule has 0 aromatic heterocycles. The molecule has 3 rings (SSSR count). The van der Waals surface area contributed by atoms with Crippen LogP contribution in [0.5, 0.6) is 0 Å². The van der Waals surface area contributed by atoms with Gasteiger partial charge in [0.25, 0.3) is 0 Å². The summed E-state index contributed by atoms with van der Waals surface area (Å²) in [5, 5.41) is 0. The molecule has 0 N–H and O–H groups in total. The normalized spacial score (nSPS) is 14.8.